The van der Waals surface area contributed by atoms with Gasteiger partial charge in [-0.05, 0) is 24.3 Å². The quantitative estimate of drug-likeness (QED) is 0.418. The number of nitro groups is 1. The molecule has 0 bridgehead atoms. The minimum atomic E-state index is -4.75. The molecule has 3 rings (SSSR count). The number of hydrogen-bond acceptors (Lipinski definition) is 6. The topological polar surface area (TPSA) is 114 Å². The van der Waals surface area contributed by atoms with E-state index < -0.39 is 39.7 Å². The summed E-state index contributed by atoms with van der Waals surface area (Å²) in [7, 11) is 0. The van der Waals surface area contributed by atoms with Crippen molar-refractivity contribution in [1.29, 1.82) is 0 Å². The summed E-state index contributed by atoms with van der Waals surface area (Å²) in [6.07, 6.45) is -2.58. The molecule has 0 aliphatic carbocycles. The molecule has 8 nitrogen and oxygen atoms in total. The highest BCUT2D eigenvalue weighted by molar-refractivity contribution is 5.71. The Morgan fingerprint density at radius 2 is 1.88 bits per heavy atom. The minimum Gasteiger partial charge on any atom is -0.504 e. The molecule has 2 aromatic heterocycles. The van der Waals surface area contributed by atoms with Gasteiger partial charge < -0.3 is 10.2 Å². The molecule has 1 aromatic carbocycles. The Labute approximate surface area is 142 Å². The first-order chi connectivity index (χ1) is 12.2. The van der Waals surface area contributed by atoms with Gasteiger partial charge >= 0.3 is 11.9 Å². The zero-order valence-electron chi connectivity index (χ0n) is 12.7. The van der Waals surface area contributed by atoms with Gasteiger partial charge in [0.1, 0.15) is 0 Å². The molecule has 0 amide bonds. The van der Waals surface area contributed by atoms with Crippen LogP contribution in [0.25, 0.3) is 16.9 Å². The molecule has 134 valence electrons. The number of rotatable bonds is 3. The van der Waals surface area contributed by atoms with Crippen LogP contribution in [0.4, 0.5) is 18.9 Å². The van der Waals surface area contributed by atoms with Crippen LogP contribution in [0.1, 0.15) is 5.69 Å². The molecule has 11 heteroatoms. The van der Waals surface area contributed by atoms with Gasteiger partial charge in [0.15, 0.2) is 11.4 Å². The SMILES string of the molecule is O=[N+]([O-])c1cc(-c2ccnn2-c2cccnc2C(F)(F)F)cc(O)c1O. The summed E-state index contributed by atoms with van der Waals surface area (Å²) in [5.41, 5.74) is -2.36. The van der Waals surface area contributed by atoms with Gasteiger partial charge in [-0.25, -0.2) is 9.67 Å². The lowest BCUT2D eigenvalue weighted by Gasteiger charge is -2.14. The monoisotopic (exact) mass is 366 g/mol. The fraction of sp³-hybridized carbons (Fsp3) is 0.0667. The van der Waals surface area contributed by atoms with E-state index >= 15 is 0 Å². The van der Waals surface area contributed by atoms with Crippen LogP contribution in [0.3, 0.4) is 0 Å². The van der Waals surface area contributed by atoms with Gasteiger partial charge in [0.25, 0.3) is 0 Å². The Bertz CT molecular complexity index is 1000. The van der Waals surface area contributed by atoms with E-state index in [2.05, 4.69) is 10.1 Å². The summed E-state index contributed by atoms with van der Waals surface area (Å²) in [6, 6.07) is 5.64. The molecule has 0 aliphatic heterocycles. The third-order valence-electron chi connectivity index (χ3n) is 3.49. The number of aromatic nitrogens is 3. The second-order valence-corrected chi connectivity index (χ2v) is 5.12. The third-order valence-corrected chi connectivity index (χ3v) is 3.49. The van der Waals surface area contributed by atoms with Crippen molar-refractivity contribution in [2.45, 2.75) is 6.18 Å². The van der Waals surface area contributed by atoms with Crippen molar-refractivity contribution >= 4 is 5.69 Å². The van der Waals surface area contributed by atoms with Crippen LogP contribution in [-0.4, -0.2) is 29.9 Å². The maximum atomic E-state index is 13.2. The number of nitrogens with zero attached hydrogens (tertiary/aromatic N) is 4. The lowest BCUT2D eigenvalue weighted by Crippen LogP contribution is -2.14. The van der Waals surface area contributed by atoms with Crippen LogP contribution in [-0.2, 0) is 6.18 Å². The fourth-order valence-electron chi connectivity index (χ4n) is 2.39. The van der Waals surface area contributed by atoms with Crippen molar-refractivity contribution in [3.63, 3.8) is 0 Å². The Hall–Kier alpha value is -3.63. The van der Waals surface area contributed by atoms with Crippen molar-refractivity contribution < 1.29 is 28.3 Å². The molecule has 0 saturated carbocycles. The summed E-state index contributed by atoms with van der Waals surface area (Å²) < 4.78 is 40.5. The van der Waals surface area contributed by atoms with Gasteiger partial charge in [0, 0.05) is 17.8 Å². The molecular formula is C15H9F3N4O4. The van der Waals surface area contributed by atoms with Crippen molar-refractivity contribution in [3.05, 3.63) is 58.5 Å². The summed E-state index contributed by atoms with van der Waals surface area (Å²) in [5, 5.41) is 34.1. The Morgan fingerprint density at radius 1 is 1.15 bits per heavy atom. The van der Waals surface area contributed by atoms with Crippen LogP contribution in [0.15, 0.2) is 42.7 Å². The molecule has 0 spiro atoms. The normalized spacial score (nSPS) is 11.5. The highest BCUT2D eigenvalue weighted by atomic mass is 19.4. The first-order valence-electron chi connectivity index (χ1n) is 6.97. The molecule has 2 N–H and O–H groups in total. The highest BCUT2D eigenvalue weighted by Crippen LogP contribution is 2.40. The number of benzene rings is 1. The number of hydrogen-bond donors (Lipinski definition) is 2. The maximum absolute atomic E-state index is 13.2. The average Bonchev–Trinajstić information content (AvgIpc) is 3.05. The second-order valence-electron chi connectivity index (χ2n) is 5.12. The number of phenolic OH excluding ortho intramolecular Hbond substituents is 2. The van der Waals surface area contributed by atoms with E-state index in [0.717, 1.165) is 29.1 Å². The zero-order chi connectivity index (χ0) is 19.1. The fourth-order valence-corrected chi connectivity index (χ4v) is 2.39. The molecule has 2 heterocycles. The van der Waals surface area contributed by atoms with Gasteiger partial charge in [0.05, 0.1) is 22.5 Å². The van der Waals surface area contributed by atoms with Crippen molar-refractivity contribution in [3.8, 4) is 28.4 Å². The predicted octanol–water partition coefficient (Wildman–Crippen LogP) is 3.27. The molecule has 26 heavy (non-hydrogen) atoms. The third kappa shape index (κ3) is 2.90. The average molecular weight is 366 g/mol. The minimum absolute atomic E-state index is 0.0125. The lowest BCUT2D eigenvalue weighted by molar-refractivity contribution is -0.385. The van der Waals surface area contributed by atoms with Crippen LogP contribution in [0.2, 0.25) is 0 Å². The Kier molecular flexibility index (Phi) is 3.98. The predicted molar refractivity (Wildman–Crippen MR) is 81.8 cm³/mol. The molecule has 0 aliphatic rings. The van der Waals surface area contributed by atoms with Gasteiger partial charge in [-0.3, -0.25) is 10.1 Å². The molecular weight excluding hydrogens is 357 g/mol. The number of halogens is 3. The highest BCUT2D eigenvalue weighted by Gasteiger charge is 2.36. The van der Waals surface area contributed by atoms with Gasteiger partial charge in [-0.15, -0.1) is 0 Å². The van der Waals surface area contributed by atoms with Crippen molar-refractivity contribution in [2.75, 3.05) is 0 Å². The largest absolute Gasteiger partial charge is 0.504 e. The van der Waals surface area contributed by atoms with E-state index in [-0.39, 0.29) is 11.3 Å². The lowest BCUT2D eigenvalue weighted by atomic mass is 10.1. The van der Waals surface area contributed by atoms with Crippen molar-refractivity contribution in [1.82, 2.24) is 14.8 Å². The Balaban J connectivity index is 2.23. The van der Waals surface area contributed by atoms with E-state index in [0.29, 0.717) is 0 Å². The van der Waals surface area contributed by atoms with Crippen LogP contribution in [0, 0.1) is 10.1 Å². The van der Waals surface area contributed by atoms with E-state index in [1.54, 1.807) is 0 Å². The van der Waals surface area contributed by atoms with Gasteiger partial charge in [-0.1, -0.05) is 0 Å². The van der Waals surface area contributed by atoms with Gasteiger partial charge in [0.2, 0.25) is 5.75 Å². The molecule has 0 fully saturated rings. The molecule has 0 saturated heterocycles. The number of aromatic hydroxyl groups is 2. The van der Waals surface area contributed by atoms with Crippen molar-refractivity contribution in [2.24, 2.45) is 0 Å². The second kappa shape index (κ2) is 6.02. The summed E-state index contributed by atoms with van der Waals surface area (Å²) in [4.78, 5) is 13.4. The van der Waals surface area contributed by atoms with E-state index in [1.165, 1.54) is 18.3 Å². The smallest absolute Gasteiger partial charge is 0.435 e. The Morgan fingerprint density at radius 3 is 2.54 bits per heavy atom. The summed E-state index contributed by atoms with van der Waals surface area (Å²) in [5.74, 6) is -1.73. The summed E-state index contributed by atoms with van der Waals surface area (Å²) in [6.45, 7) is 0. The maximum Gasteiger partial charge on any atom is 0.435 e. The van der Waals surface area contributed by atoms with Crippen LogP contribution >= 0.6 is 0 Å². The molecule has 0 unspecified atom stereocenters. The van der Waals surface area contributed by atoms with E-state index in [9.17, 15) is 33.5 Å². The number of phenols is 2. The standard InChI is InChI=1S/C15H9F3N4O4/c16-15(17,18)14-10(2-1-4-19-14)21-9(3-5-20-21)8-6-11(22(25)26)13(24)12(23)7-8/h1-7,23-24H. The van der Waals surface area contributed by atoms with E-state index in [4.69, 9.17) is 0 Å². The first-order valence-corrected chi connectivity index (χ1v) is 6.97. The van der Waals surface area contributed by atoms with Crippen LogP contribution < -0.4 is 0 Å². The number of alkyl halides is 3. The molecule has 3 aromatic rings. The number of nitro benzene ring substituents is 1. The first kappa shape index (κ1) is 17.2. The number of pyridine rings is 1. The molecule has 0 radical (unpaired) electrons. The molecule has 0 atom stereocenters. The van der Waals surface area contributed by atoms with Gasteiger partial charge in [-0.2, -0.15) is 18.3 Å². The van der Waals surface area contributed by atoms with Crippen LogP contribution in [0.5, 0.6) is 11.5 Å². The zero-order valence-corrected chi connectivity index (χ0v) is 12.7. The summed E-state index contributed by atoms with van der Waals surface area (Å²) >= 11 is 0. The van der Waals surface area contributed by atoms with E-state index in [1.807, 2.05) is 0 Å².